The third-order valence-electron chi connectivity index (χ3n) is 3.13. The monoisotopic (exact) mass is 296 g/mol. The van der Waals surface area contributed by atoms with Crippen molar-refractivity contribution in [3.63, 3.8) is 0 Å². The van der Waals surface area contributed by atoms with Crippen molar-refractivity contribution in [3.8, 4) is 0 Å². The molecule has 0 aliphatic carbocycles. The van der Waals surface area contributed by atoms with E-state index in [0.717, 1.165) is 12.1 Å². The van der Waals surface area contributed by atoms with Crippen LogP contribution in [0.3, 0.4) is 0 Å². The molecule has 0 bridgehead atoms. The first-order chi connectivity index (χ1) is 9.77. The molecule has 2 rings (SSSR count). The molecule has 0 radical (unpaired) electrons. The van der Waals surface area contributed by atoms with Crippen LogP contribution in [0.1, 0.15) is 41.2 Å². The van der Waals surface area contributed by atoms with Gasteiger partial charge in [0.05, 0.1) is 11.7 Å². The van der Waals surface area contributed by atoms with E-state index in [-0.39, 0.29) is 6.42 Å². The Morgan fingerprint density at radius 2 is 2.00 bits per heavy atom. The number of hydrogen-bond acceptors (Lipinski definition) is 3. The number of aromatic nitrogens is 2. The molecule has 0 saturated heterocycles. The van der Waals surface area contributed by atoms with Crippen LogP contribution in [0.25, 0.3) is 0 Å². The van der Waals surface area contributed by atoms with Crippen LogP contribution >= 0.6 is 0 Å². The molecule has 0 fully saturated rings. The molecule has 6 heteroatoms. The zero-order valence-electron chi connectivity index (χ0n) is 11.6. The van der Waals surface area contributed by atoms with Gasteiger partial charge in [-0.3, -0.25) is 0 Å². The van der Waals surface area contributed by atoms with Gasteiger partial charge < -0.3 is 5.11 Å². The molecule has 0 amide bonds. The van der Waals surface area contributed by atoms with E-state index >= 15 is 0 Å². The number of aliphatic hydroxyl groups is 1. The Bertz CT molecular complexity index is 639. The van der Waals surface area contributed by atoms with Crippen LogP contribution in [-0.2, 0) is 12.6 Å². The van der Waals surface area contributed by atoms with Crippen molar-refractivity contribution in [2.75, 3.05) is 0 Å². The van der Waals surface area contributed by atoms with Crippen LogP contribution in [0.15, 0.2) is 30.5 Å². The van der Waals surface area contributed by atoms with E-state index in [4.69, 9.17) is 0 Å². The molecule has 21 heavy (non-hydrogen) atoms. The standard InChI is InChI=1S/C15H15F3N2O/c1-9-13(10(2)21)8-19-14(20-9)7-11-4-3-5-12(6-11)15(16,17)18/h3-6,8,10,21H,7H2,1-2H3/t10-/m0/s1. The molecule has 2 aromatic rings. The van der Waals surface area contributed by atoms with E-state index in [1.54, 1.807) is 19.9 Å². The number of halogens is 3. The number of aryl methyl sites for hydroxylation is 1. The normalized spacial score (nSPS) is 13.2. The zero-order valence-corrected chi connectivity index (χ0v) is 11.6. The lowest BCUT2D eigenvalue weighted by Crippen LogP contribution is -2.07. The van der Waals surface area contributed by atoms with Crippen molar-refractivity contribution in [2.45, 2.75) is 32.5 Å². The molecule has 0 aliphatic heterocycles. The predicted molar refractivity (Wildman–Crippen MR) is 71.7 cm³/mol. The molecule has 1 heterocycles. The minimum Gasteiger partial charge on any atom is -0.389 e. The summed E-state index contributed by atoms with van der Waals surface area (Å²) < 4.78 is 38.0. The number of nitrogens with zero attached hydrogens (tertiary/aromatic N) is 2. The lowest BCUT2D eigenvalue weighted by molar-refractivity contribution is -0.137. The first-order valence-electron chi connectivity index (χ1n) is 6.44. The van der Waals surface area contributed by atoms with Gasteiger partial charge >= 0.3 is 6.18 Å². The summed E-state index contributed by atoms with van der Waals surface area (Å²) in [5, 5.41) is 9.51. The zero-order chi connectivity index (χ0) is 15.6. The smallest absolute Gasteiger partial charge is 0.389 e. The van der Waals surface area contributed by atoms with E-state index in [2.05, 4.69) is 9.97 Å². The van der Waals surface area contributed by atoms with E-state index < -0.39 is 17.8 Å². The van der Waals surface area contributed by atoms with Crippen molar-refractivity contribution in [2.24, 2.45) is 0 Å². The molecular weight excluding hydrogens is 281 g/mol. The molecule has 1 aromatic heterocycles. The number of rotatable bonds is 3. The highest BCUT2D eigenvalue weighted by Gasteiger charge is 2.30. The van der Waals surface area contributed by atoms with E-state index in [9.17, 15) is 18.3 Å². The molecule has 1 aromatic carbocycles. The summed E-state index contributed by atoms with van der Waals surface area (Å²) in [7, 11) is 0. The summed E-state index contributed by atoms with van der Waals surface area (Å²) in [6.07, 6.45) is -3.31. The number of alkyl halides is 3. The van der Waals surface area contributed by atoms with Crippen molar-refractivity contribution >= 4 is 0 Å². The molecule has 0 spiro atoms. The van der Waals surface area contributed by atoms with Gasteiger partial charge in [-0.15, -0.1) is 0 Å². The maximum Gasteiger partial charge on any atom is 0.416 e. The third kappa shape index (κ3) is 3.78. The Labute approximate surface area is 120 Å². The summed E-state index contributed by atoms with van der Waals surface area (Å²) in [6.45, 7) is 3.34. The number of aliphatic hydroxyl groups excluding tert-OH is 1. The second kappa shape index (κ2) is 5.81. The van der Waals surface area contributed by atoms with Crippen molar-refractivity contribution < 1.29 is 18.3 Å². The lowest BCUT2D eigenvalue weighted by atomic mass is 10.1. The highest BCUT2D eigenvalue weighted by molar-refractivity contribution is 5.28. The highest BCUT2D eigenvalue weighted by Crippen LogP contribution is 2.29. The molecule has 1 N–H and O–H groups in total. The van der Waals surface area contributed by atoms with Gasteiger partial charge in [0.1, 0.15) is 5.82 Å². The van der Waals surface area contributed by atoms with Gasteiger partial charge in [-0.2, -0.15) is 13.2 Å². The highest BCUT2D eigenvalue weighted by atomic mass is 19.4. The maximum absolute atomic E-state index is 12.7. The fourth-order valence-electron chi connectivity index (χ4n) is 2.06. The Morgan fingerprint density at radius 3 is 2.57 bits per heavy atom. The quantitative estimate of drug-likeness (QED) is 0.943. The maximum atomic E-state index is 12.7. The first kappa shape index (κ1) is 15.4. The van der Waals surface area contributed by atoms with Gasteiger partial charge in [0.2, 0.25) is 0 Å². The van der Waals surface area contributed by atoms with Crippen LogP contribution in [0.4, 0.5) is 13.2 Å². The van der Waals surface area contributed by atoms with Crippen LogP contribution in [0.5, 0.6) is 0 Å². The predicted octanol–water partition coefficient (Wildman–Crippen LogP) is 3.45. The van der Waals surface area contributed by atoms with E-state index in [1.165, 1.54) is 12.3 Å². The SMILES string of the molecule is Cc1nc(Cc2cccc(C(F)(F)F)c2)ncc1[C@H](C)O. The van der Waals surface area contributed by atoms with Crippen molar-refractivity contribution in [1.82, 2.24) is 9.97 Å². The number of benzene rings is 1. The fourth-order valence-corrected chi connectivity index (χ4v) is 2.06. The average Bonchev–Trinajstić information content (AvgIpc) is 2.37. The average molecular weight is 296 g/mol. The molecule has 112 valence electrons. The molecule has 0 saturated carbocycles. The minimum absolute atomic E-state index is 0.213. The minimum atomic E-state index is -4.36. The molecule has 0 aliphatic rings. The van der Waals surface area contributed by atoms with Gasteiger partial charge in [-0.05, 0) is 25.5 Å². The Kier molecular flexibility index (Phi) is 4.27. The molecular formula is C15H15F3N2O. The topological polar surface area (TPSA) is 46.0 Å². The van der Waals surface area contributed by atoms with E-state index in [0.29, 0.717) is 22.6 Å². The molecule has 0 unspecified atom stereocenters. The van der Waals surface area contributed by atoms with E-state index in [1.807, 2.05) is 0 Å². The fraction of sp³-hybridized carbons (Fsp3) is 0.333. The summed E-state index contributed by atoms with van der Waals surface area (Å²) in [5.74, 6) is 0.427. The largest absolute Gasteiger partial charge is 0.416 e. The van der Waals surface area contributed by atoms with Gasteiger partial charge in [-0.25, -0.2) is 9.97 Å². The Morgan fingerprint density at radius 1 is 1.29 bits per heavy atom. The van der Waals surface area contributed by atoms with Gasteiger partial charge in [0, 0.05) is 23.9 Å². The molecule has 1 atom stereocenters. The summed E-state index contributed by atoms with van der Waals surface area (Å²) in [6, 6.07) is 5.11. The molecule has 3 nitrogen and oxygen atoms in total. The van der Waals surface area contributed by atoms with Crippen LogP contribution in [-0.4, -0.2) is 15.1 Å². The lowest BCUT2D eigenvalue weighted by Gasteiger charge is -2.10. The Hall–Kier alpha value is -1.95. The summed E-state index contributed by atoms with van der Waals surface area (Å²) in [4.78, 5) is 8.32. The second-order valence-corrected chi connectivity index (χ2v) is 4.88. The van der Waals surface area contributed by atoms with Crippen LogP contribution < -0.4 is 0 Å². The number of hydrogen-bond donors (Lipinski definition) is 1. The van der Waals surface area contributed by atoms with Gasteiger partial charge in [0.25, 0.3) is 0 Å². The van der Waals surface area contributed by atoms with Crippen molar-refractivity contribution in [3.05, 3.63) is 58.7 Å². The van der Waals surface area contributed by atoms with Crippen LogP contribution in [0.2, 0.25) is 0 Å². The van der Waals surface area contributed by atoms with Crippen molar-refractivity contribution in [1.29, 1.82) is 0 Å². The first-order valence-corrected chi connectivity index (χ1v) is 6.44. The summed E-state index contributed by atoms with van der Waals surface area (Å²) in [5.41, 5.74) is 1.05. The Balaban J connectivity index is 2.25. The van der Waals surface area contributed by atoms with Gasteiger partial charge in [0.15, 0.2) is 0 Å². The summed E-state index contributed by atoms with van der Waals surface area (Å²) >= 11 is 0. The van der Waals surface area contributed by atoms with Crippen LogP contribution in [0, 0.1) is 6.92 Å². The second-order valence-electron chi connectivity index (χ2n) is 4.88. The van der Waals surface area contributed by atoms with Gasteiger partial charge in [-0.1, -0.05) is 18.2 Å². The third-order valence-corrected chi connectivity index (χ3v) is 3.13.